The summed E-state index contributed by atoms with van der Waals surface area (Å²) in [4.78, 5) is 27.2. The Morgan fingerprint density at radius 1 is 0.781 bits per heavy atom. The van der Waals surface area contributed by atoms with Crippen molar-refractivity contribution in [1.82, 2.24) is 0 Å². The monoisotopic (exact) mass is 476 g/mol. The zero-order chi connectivity index (χ0) is 23.8. The molecule has 32 heavy (non-hydrogen) atoms. The van der Waals surface area contributed by atoms with E-state index in [1.54, 1.807) is 48.5 Å². The van der Waals surface area contributed by atoms with Gasteiger partial charge in [0, 0.05) is 15.7 Å². The average Bonchev–Trinajstić information content (AvgIpc) is 3.45. The molecule has 2 aromatic carbocycles. The molecule has 1 fully saturated rings. The molecule has 0 amide bonds. The summed E-state index contributed by atoms with van der Waals surface area (Å²) < 4.78 is 36.7. The van der Waals surface area contributed by atoms with Gasteiger partial charge >= 0.3 is 11.9 Å². The van der Waals surface area contributed by atoms with E-state index in [-0.39, 0.29) is 5.92 Å². The average molecular weight is 477 g/mol. The number of aryl methyl sites for hydroxylation is 2. The van der Waals surface area contributed by atoms with Crippen molar-refractivity contribution in [3.05, 3.63) is 59.7 Å². The van der Waals surface area contributed by atoms with Crippen molar-refractivity contribution in [2.75, 3.05) is 14.2 Å². The number of hydrogen-bond acceptors (Lipinski definition) is 6. The smallest absolute Gasteiger partial charge is 0.326 e. The normalized spacial score (nSPS) is 23.3. The first-order chi connectivity index (χ1) is 15.1. The van der Waals surface area contributed by atoms with E-state index in [0.29, 0.717) is 9.79 Å². The molecular weight excluding hydrogens is 448 g/mol. The van der Waals surface area contributed by atoms with E-state index in [1.165, 1.54) is 0 Å². The number of benzene rings is 2. The Kier molecular flexibility index (Phi) is 6.77. The summed E-state index contributed by atoms with van der Waals surface area (Å²) in [6, 6.07) is 13.9. The van der Waals surface area contributed by atoms with Crippen LogP contribution in [0.4, 0.5) is 0 Å². The topological polar surface area (TPSA) is 86.7 Å². The third-order valence-electron chi connectivity index (χ3n) is 6.04. The zero-order valence-corrected chi connectivity index (χ0v) is 20.7. The van der Waals surface area contributed by atoms with Crippen LogP contribution < -0.4 is 0 Å². The molecule has 0 heterocycles. The third-order valence-corrected chi connectivity index (χ3v) is 10.6. The van der Waals surface area contributed by atoms with Crippen molar-refractivity contribution in [2.24, 2.45) is 17.3 Å². The lowest BCUT2D eigenvalue weighted by molar-refractivity contribution is -0.162. The van der Waals surface area contributed by atoms with Gasteiger partial charge in [0.15, 0.2) is 9.49 Å². The number of rotatable bonds is 7. The Morgan fingerprint density at radius 3 is 1.41 bits per heavy atom. The largest absolute Gasteiger partial charge is 0.468 e. The molecule has 6 nitrogen and oxygen atoms in total. The Hall–Kier alpha value is -2.32. The molecule has 8 heteroatoms. The fourth-order valence-corrected chi connectivity index (χ4v) is 9.60. The van der Waals surface area contributed by atoms with Gasteiger partial charge in [-0.3, -0.25) is 18.0 Å². The van der Waals surface area contributed by atoms with Crippen molar-refractivity contribution in [2.45, 2.75) is 41.6 Å². The summed E-state index contributed by atoms with van der Waals surface area (Å²) in [6.07, 6.45) is 0. The lowest BCUT2D eigenvalue weighted by Gasteiger charge is -2.22. The summed E-state index contributed by atoms with van der Waals surface area (Å²) in [5, 5.41) is 0. The standard InChI is InChI=1S/C24H28O6S2/c1-15(2)20-23(21(25)29-5,22(26)30-6)24(20,31(27)18-11-7-16(3)8-12-18)32(28)19-13-9-17(4)10-14-19/h7-15,20H,1-6H3. The van der Waals surface area contributed by atoms with Gasteiger partial charge in [0.25, 0.3) is 0 Å². The fourth-order valence-electron chi connectivity index (χ4n) is 4.60. The van der Waals surface area contributed by atoms with Crippen molar-refractivity contribution in [3.63, 3.8) is 0 Å². The predicted molar refractivity (Wildman–Crippen MR) is 123 cm³/mol. The Balaban J connectivity index is 2.35. The maximum atomic E-state index is 14.2. The first kappa shape index (κ1) is 24.3. The second-order valence-corrected chi connectivity index (χ2v) is 11.9. The van der Waals surface area contributed by atoms with E-state index in [1.807, 2.05) is 27.7 Å². The van der Waals surface area contributed by atoms with E-state index >= 15 is 0 Å². The van der Waals surface area contributed by atoms with Crippen LogP contribution in [0, 0.1) is 31.1 Å². The molecule has 2 aromatic rings. The molecule has 3 atom stereocenters. The first-order valence-electron chi connectivity index (χ1n) is 10.2. The van der Waals surface area contributed by atoms with E-state index in [9.17, 15) is 18.0 Å². The molecule has 0 aliphatic heterocycles. The summed E-state index contributed by atoms with van der Waals surface area (Å²) in [6.45, 7) is 7.42. The molecule has 0 bridgehead atoms. The Labute approximate surface area is 193 Å². The predicted octanol–water partition coefficient (Wildman–Crippen LogP) is 3.53. The van der Waals surface area contributed by atoms with Gasteiger partial charge in [0.1, 0.15) is 0 Å². The van der Waals surface area contributed by atoms with Gasteiger partial charge in [-0.15, -0.1) is 0 Å². The van der Waals surface area contributed by atoms with E-state index in [0.717, 1.165) is 25.3 Å². The third kappa shape index (κ3) is 3.35. The van der Waals surface area contributed by atoms with Crippen molar-refractivity contribution >= 4 is 33.5 Å². The van der Waals surface area contributed by atoms with Gasteiger partial charge < -0.3 is 9.47 Å². The second-order valence-electron chi connectivity index (χ2n) is 8.34. The molecule has 1 aliphatic rings. The van der Waals surface area contributed by atoms with Gasteiger partial charge in [-0.05, 0) is 44.0 Å². The molecule has 172 valence electrons. The van der Waals surface area contributed by atoms with Gasteiger partial charge in [-0.25, -0.2) is 0 Å². The van der Waals surface area contributed by atoms with Crippen LogP contribution in [0.5, 0.6) is 0 Å². The summed E-state index contributed by atoms with van der Waals surface area (Å²) >= 11 is 0. The van der Waals surface area contributed by atoms with Gasteiger partial charge in [0.2, 0.25) is 0 Å². The maximum Gasteiger partial charge on any atom is 0.326 e. The molecular formula is C24H28O6S2. The molecule has 0 spiro atoms. The summed E-state index contributed by atoms with van der Waals surface area (Å²) in [5.74, 6) is -2.90. The molecule has 3 rings (SSSR count). The lowest BCUT2D eigenvalue weighted by atomic mass is 9.97. The number of esters is 2. The number of methoxy groups -OCH3 is 2. The lowest BCUT2D eigenvalue weighted by Crippen LogP contribution is -2.42. The fraction of sp³-hybridized carbons (Fsp3) is 0.417. The maximum absolute atomic E-state index is 14.2. The van der Waals surface area contributed by atoms with Crippen LogP contribution in [0.2, 0.25) is 0 Å². The van der Waals surface area contributed by atoms with E-state index in [2.05, 4.69) is 0 Å². The Morgan fingerprint density at radius 2 is 1.12 bits per heavy atom. The highest BCUT2D eigenvalue weighted by molar-refractivity contribution is 8.05. The number of hydrogen-bond donors (Lipinski definition) is 0. The van der Waals surface area contributed by atoms with Gasteiger partial charge in [-0.1, -0.05) is 49.2 Å². The molecule has 3 unspecified atom stereocenters. The quantitative estimate of drug-likeness (QED) is 0.449. The molecule has 1 saturated carbocycles. The SMILES string of the molecule is COC(=O)C1(C(=O)OC)C(C(C)C)C1(S(=O)c1ccc(C)cc1)S(=O)c1ccc(C)cc1. The van der Waals surface area contributed by atoms with Crippen LogP contribution in [-0.4, -0.2) is 38.7 Å². The number of ether oxygens (including phenoxy) is 2. The van der Waals surface area contributed by atoms with Crippen molar-refractivity contribution in [3.8, 4) is 0 Å². The molecule has 0 saturated heterocycles. The minimum atomic E-state index is -1.99. The van der Waals surface area contributed by atoms with Crippen LogP contribution >= 0.6 is 0 Å². The summed E-state index contributed by atoms with van der Waals surface area (Å²) in [7, 11) is -1.66. The molecule has 0 N–H and O–H groups in total. The number of carbonyl (C=O) groups is 2. The number of carbonyl (C=O) groups excluding carboxylic acids is 2. The highest BCUT2D eigenvalue weighted by Gasteiger charge is 2.92. The minimum absolute atomic E-state index is 0.308. The van der Waals surface area contributed by atoms with E-state index in [4.69, 9.17) is 9.47 Å². The minimum Gasteiger partial charge on any atom is -0.468 e. The molecule has 1 aliphatic carbocycles. The van der Waals surface area contributed by atoms with Crippen LogP contribution in [0.25, 0.3) is 0 Å². The Bertz CT molecular complexity index is 999. The second kappa shape index (κ2) is 8.90. The summed E-state index contributed by atoms with van der Waals surface area (Å²) in [5.41, 5.74) is -0.0402. The van der Waals surface area contributed by atoms with Crippen molar-refractivity contribution in [1.29, 1.82) is 0 Å². The molecule has 0 radical (unpaired) electrons. The van der Waals surface area contributed by atoms with Crippen molar-refractivity contribution < 1.29 is 27.5 Å². The first-order valence-corrected chi connectivity index (χ1v) is 12.5. The highest BCUT2D eigenvalue weighted by Crippen LogP contribution is 2.72. The van der Waals surface area contributed by atoms with Gasteiger partial charge in [0.05, 0.1) is 35.8 Å². The highest BCUT2D eigenvalue weighted by atomic mass is 32.2. The van der Waals surface area contributed by atoms with Crippen LogP contribution in [0.15, 0.2) is 58.3 Å². The van der Waals surface area contributed by atoms with Crippen LogP contribution in [0.3, 0.4) is 0 Å². The van der Waals surface area contributed by atoms with Crippen LogP contribution in [-0.2, 0) is 40.7 Å². The van der Waals surface area contributed by atoms with Gasteiger partial charge in [-0.2, -0.15) is 0 Å². The van der Waals surface area contributed by atoms with Crippen LogP contribution in [0.1, 0.15) is 25.0 Å². The zero-order valence-electron chi connectivity index (χ0n) is 19.0. The van der Waals surface area contributed by atoms with E-state index < -0.39 is 48.9 Å². The molecule has 0 aromatic heterocycles.